The Morgan fingerprint density at radius 3 is 1.90 bits per heavy atom. The Balaban J connectivity index is 1.27. The molecule has 2 N–H and O–H groups in total. The lowest BCUT2D eigenvalue weighted by Gasteiger charge is -2.39. The SMILES string of the molecule is FC(F)(F)c1ccc(C2=NC(c3cccc4c3-c3ccccc3C43c4ccccc4Oc4ccccc43)NC(c3ccccc3)N2)cc1. The van der Waals surface area contributed by atoms with E-state index in [1.807, 2.05) is 54.6 Å². The number of amidine groups is 1. The summed E-state index contributed by atoms with van der Waals surface area (Å²) in [4.78, 5) is 5.15. The molecule has 0 amide bonds. The molecule has 2 heterocycles. The van der Waals surface area contributed by atoms with Crippen molar-refractivity contribution in [3.63, 3.8) is 0 Å². The van der Waals surface area contributed by atoms with Crippen molar-refractivity contribution in [3.05, 3.63) is 190 Å². The number of nitrogens with one attached hydrogen (secondary N) is 2. The Kier molecular flexibility index (Phi) is 6.36. The Morgan fingerprint density at radius 1 is 0.604 bits per heavy atom. The molecule has 6 aromatic rings. The third-order valence-electron chi connectivity index (χ3n) is 9.68. The molecule has 0 fully saturated rings. The van der Waals surface area contributed by atoms with Crippen molar-refractivity contribution in [2.24, 2.45) is 4.99 Å². The van der Waals surface area contributed by atoms with Crippen LogP contribution in [0.2, 0.25) is 0 Å². The minimum absolute atomic E-state index is 0.350. The van der Waals surface area contributed by atoms with Crippen LogP contribution in [-0.2, 0) is 11.6 Å². The minimum Gasteiger partial charge on any atom is -0.457 e. The molecular formula is C41H28F3N3O. The van der Waals surface area contributed by atoms with Crippen LogP contribution in [0.5, 0.6) is 11.5 Å². The summed E-state index contributed by atoms with van der Waals surface area (Å²) in [5.74, 6) is 2.15. The van der Waals surface area contributed by atoms with Crippen LogP contribution >= 0.6 is 0 Å². The van der Waals surface area contributed by atoms with Gasteiger partial charge >= 0.3 is 6.18 Å². The number of halogens is 3. The highest BCUT2D eigenvalue weighted by atomic mass is 19.4. The van der Waals surface area contributed by atoms with Crippen LogP contribution in [0.1, 0.15) is 56.8 Å². The Hall–Kier alpha value is -5.66. The first-order chi connectivity index (χ1) is 23.4. The fourth-order valence-corrected chi connectivity index (χ4v) is 7.66. The first kappa shape index (κ1) is 28.6. The highest BCUT2D eigenvalue weighted by Gasteiger charge is 2.52. The lowest BCUT2D eigenvalue weighted by atomic mass is 9.66. The summed E-state index contributed by atoms with van der Waals surface area (Å²) in [6.07, 6.45) is -5.29. The summed E-state index contributed by atoms with van der Waals surface area (Å²) >= 11 is 0. The molecule has 9 rings (SSSR count). The van der Waals surface area contributed by atoms with E-state index in [9.17, 15) is 13.2 Å². The fraction of sp³-hybridized carbons (Fsp3) is 0.0976. The van der Waals surface area contributed by atoms with Gasteiger partial charge in [0.2, 0.25) is 0 Å². The van der Waals surface area contributed by atoms with Crippen molar-refractivity contribution in [1.82, 2.24) is 10.6 Å². The molecule has 0 aromatic heterocycles. The normalized spacial score (nSPS) is 18.4. The molecule has 0 radical (unpaired) electrons. The summed E-state index contributed by atoms with van der Waals surface area (Å²) < 4.78 is 46.8. The van der Waals surface area contributed by atoms with E-state index in [1.54, 1.807) is 0 Å². The monoisotopic (exact) mass is 635 g/mol. The maximum absolute atomic E-state index is 13.4. The number of alkyl halides is 3. The first-order valence-electron chi connectivity index (χ1n) is 15.9. The summed E-state index contributed by atoms with van der Waals surface area (Å²) in [5, 5.41) is 7.16. The van der Waals surface area contributed by atoms with Crippen LogP contribution in [0.3, 0.4) is 0 Å². The number of benzene rings is 6. The first-order valence-corrected chi connectivity index (χ1v) is 15.9. The molecule has 1 aliphatic carbocycles. The van der Waals surface area contributed by atoms with E-state index in [1.165, 1.54) is 12.1 Å². The summed E-state index contributed by atoms with van der Waals surface area (Å²) in [7, 11) is 0. The van der Waals surface area contributed by atoms with Gasteiger partial charge in [-0.15, -0.1) is 0 Å². The quantitative estimate of drug-likeness (QED) is 0.203. The maximum atomic E-state index is 13.4. The average Bonchev–Trinajstić information content (AvgIpc) is 3.42. The van der Waals surface area contributed by atoms with Crippen molar-refractivity contribution >= 4 is 5.84 Å². The summed E-state index contributed by atoms with van der Waals surface area (Å²) in [5.41, 5.74) is 7.84. The fourth-order valence-electron chi connectivity index (χ4n) is 7.66. The van der Waals surface area contributed by atoms with Crippen LogP contribution in [-0.4, -0.2) is 5.84 Å². The van der Waals surface area contributed by atoms with E-state index in [-0.39, 0.29) is 6.17 Å². The van der Waals surface area contributed by atoms with Gasteiger partial charge in [0, 0.05) is 16.7 Å². The Labute approximate surface area is 275 Å². The zero-order valence-electron chi connectivity index (χ0n) is 25.5. The molecular weight excluding hydrogens is 607 g/mol. The van der Waals surface area contributed by atoms with E-state index >= 15 is 0 Å². The second-order valence-corrected chi connectivity index (χ2v) is 12.3. The van der Waals surface area contributed by atoms with Gasteiger partial charge in [0.25, 0.3) is 0 Å². The molecule has 0 saturated carbocycles. The smallest absolute Gasteiger partial charge is 0.416 e. The third kappa shape index (κ3) is 4.24. The lowest BCUT2D eigenvalue weighted by Crippen LogP contribution is -2.45. The average molecular weight is 636 g/mol. The number of ether oxygens (including phenoxy) is 1. The highest BCUT2D eigenvalue weighted by molar-refractivity contribution is 6.00. The van der Waals surface area contributed by atoms with Gasteiger partial charge in [0.05, 0.1) is 11.0 Å². The molecule has 7 heteroatoms. The van der Waals surface area contributed by atoms with E-state index < -0.39 is 23.3 Å². The van der Waals surface area contributed by atoms with Gasteiger partial charge in [-0.2, -0.15) is 13.2 Å². The Morgan fingerprint density at radius 2 is 1.21 bits per heavy atom. The van der Waals surface area contributed by atoms with Gasteiger partial charge in [0.15, 0.2) is 0 Å². The zero-order valence-corrected chi connectivity index (χ0v) is 25.5. The lowest BCUT2D eigenvalue weighted by molar-refractivity contribution is -0.137. The van der Waals surface area contributed by atoms with Crippen LogP contribution in [0.25, 0.3) is 11.1 Å². The second-order valence-electron chi connectivity index (χ2n) is 12.3. The topological polar surface area (TPSA) is 45.6 Å². The number of fused-ring (bicyclic) bond motifs is 9. The van der Waals surface area contributed by atoms with Crippen molar-refractivity contribution in [3.8, 4) is 22.6 Å². The molecule has 48 heavy (non-hydrogen) atoms. The maximum Gasteiger partial charge on any atom is 0.416 e. The minimum atomic E-state index is -4.42. The predicted octanol–water partition coefficient (Wildman–Crippen LogP) is 9.51. The molecule has 6 aromatic carbocycles. The standard InChI is InChI=1S/C41H28F3N3O/c42-41(43,44)27-23-21-26(22-24-27)38-45-37(25-11-2-1-3-12-25)46-39(47-38)29-14-10-18-33-36(29)28-13-4-5-15-30(28)40(33)31-16-6-8-19-34(31)48-35-20-9-7-17-32(35)40/h1-24,37,39,46H,(H,45,47). The number of aliphatic imine (C=N–C) groups is 1. The van der Waals surface area contributed by atoms with Gasteiger partial charge < -0.3 is 10.1 Å². The van der Waals surface area contributed by atoms with Crippen LogP contribution in [0.15, 0.2) is 151 Å². The van der Waals surface area contributed by atoms with Crippen LogP contribution in [0.4, 0.5) is 13.2 Å². The highest BCUT2D eigenvalue weighted by Crippen LogP contribution is 2.62. The zero-order chi connectivity index (χ0) is 32.5. The number of rotatable bonds is 3. The van der Waals surface area contributed by atoms with E-state index in [2.05, 4.69) is 77.4 Å². The van der Waals surface area contributed by atoms with Gasteiger partial charge in [0.1, 0.15) is 29.7 Å². The van der Waals surface area contributed by atoms with Gasteiger partial charge in [-0.3, -0.25) is 5.32 Å². The van der Waals surface area contributed by atoms with Crippen molar-refractivity contribution < 1.29 is 17.9 Å². The van der Waals surface area contributed by atoms with Crippen LogP contribution in [0, 0.1) is 0 Å². The summed E-state index contributed by atoms with van der Waals surface area (Å²) in [6.45, 7) is 0. The van der Waals surface area contributed by atoms with Gasteiger partial charge in [-0.1, -0.05) is 121 Å². The predicted molar refractivity (Wildman–Crippen MR) is 180 cm³/mol. The summed E-state index contributed by atoms with van der Waals surface area (Å²) in [6, 6.07) is 46.5. The van der Waals surface area contributed by atoms with Crippen molar-refractivity contribution in [2.45, 2.75) is 23.9 Å². The van der Waals surface area contributed by atoms with E-state index in [0.717, 1.165) is 68.1 Å². The second kappa shape index (κ2) is 10.7. The molecule has 234 valence electrons. The molecule has 1 spiro atoms. The van der Waals surface area contributed by atoms with E-state index in [0.29, 0.717) is 11.4 Å². The Bertz CT molecular complexity index is 2180. The molecule has 4 nitrogen and oxygen atoms in total. The van der Waals surface area contributed by atoms with E-state index in [4.69, 9.17) is 9.73 Å². The number of hydrogen-bond acceptors (Lipinski definition) is 4. The van der Waals surface area contributed by atoms with Crippen molar-refractivity contribution in [2.75, 3.05) is 0 Å². The van der Waals surface area contributed by atoms with Crippen LogP contribution < -0.4 is 15.4 Å². The number of nitrogens with zero attached hydrogens (tertiary/aromatic N) is 1. The molecule has 0 bridgehead atoms. The number of para-hydroxylation sites is 2. The third-order valence-corrected chi connectivity index (χ3v) is 9.68. The molecule has 0 saturated heterocycles. The molecule has 2 aliphatic heterocycles. The molecule has 3 aliphatic rings. The molecule has 2 unspecified atom stereocenters. The largest absolute Gasteiger partial charge is 0.457 e. The molecule has 2 atom stereocenters. The number of hydrogen-bond donors (Lipinski definition) is 2. The van der Waals surface area contributed by atoms with Gasteiger partial charge in [-0.05, 0) is 57.6 Å². The van der Waals surface area contributed by atoms with Crippen molar-refractivity contribution in [1.29, 1.82) is 0 Å². The van der Waals surface area contributed by atoms with Gasteiger partial charge in [-0.25, -0.2) is 4.99 Å².